The van der Waals surface area contributed by atoms with Crippen molar-refractivity contribution in [3.05, 3.63) is 59.4 Å². The van der Waals surface area contributed by atoms with Crippen LogP contribution in [0.2, 0.25) is 0 Å². The molecule has 2 unspecified atom stereocenters. The van der Waals surface area contributed by atoms with Crippen molar-refractivity contribution in [3.63, 3.8) is 0 Å². The van der Waals surface area contributed by atoms with E-state index in [9.17, 15) is 18.0 Å². The molecule has 0 radical (unpaired) electrons. The summed E-state index contributed by atoms with van der Waals surface area (Å²) < 4.78 is 27.6. The molecule has 2 N–H and O–H groups in total. The van der Waals surface area contributed by atoms with Crippen molar-refractivity contribution in [2.75, 3.05) is 17.7 Å². The highest BCUT2D eigenvalue weighted by Crippen LogP contribution is 2.30. The van der Waals surface area contributed by atoms with Crippen LogP contribution in [0.5, 0.6) is 0 Å². The lowest BCUT2D eigenvalue weighted by atomic mass is 10.0. The van der Waals surface area contributed by atoms with Crippen molar-refractivity contribution in [1.29, 1.82) is 0 Å². The molecule has 10 heteroatoms. The largest absolute Gasteiger partial charge is 0.444 e. The second-order valence-electron chi connectivity index (χ2n) is 7.75. The molecule has 0 bridgehead atoms. The van der Waals surface area contributed by atoms with E-state index in [1.54, 1.807) is 30.5 Å². The number of aromatic nitrogens is 1. The van der Waals surface area contributed by atoms with Gasteiger partial charge in [-0.3, -0.25) is 19.9 Å². The van der Waals surface area contributed by atoms with Gasteiger partial charge in [0.1, 0.15) is 6.10 Å². The summed E-state index contributed by atoms with van der Waals surface area (Å²) in [6, 6.07) is 10.7. The number of carbonyl (C=O) groups is 2. The fourth-order valence-corrected chi connectivity index (χ4v) is 4.09. The Morgan fingerprint density at radius 1 is 1.25 bits per heavy atom. The number of sulfone groups is 1. The lowest BCUT2D eigenvalue weighted by molar-refractivity contribution is -0.132. The Hall–Kier alpha value is -3.42. The van der Waals surface area contributed by atoms with Crippen LogP contribution in [-0.2, 0) is 19.4 Å². The lowest BCUT2D eigenvalue weighted by Gasteiger charge is -2.26. The molecule has 1 fully saturated rings. The molecule has 1 aromatic heterocycles. The first-order chi connectivity index (χ1) is 15.0. The smallest absolute Gasteiger partial charge is 0.414 e. The molecule has 2 atom stereocenters. The third-order valence-corrected chi connectivity index (χ3v) is 7.32. The molecule has 2 amide bonds. The summed E-state index contributed by atoms with van der Waals surface area (Å²) in [6.45, 7) is 3.14. The summed E-state index contributed by atoms with van der Waals surface area (Å²) in [5.74, 6) is 4.96. The summed E-state index contributed by atoms with van der Waals surface area (Å²) >= 11 is 0. The number of hydrogen-bond donors (Lipinski definition) is 2. The Morgan fingerprint density at radius 3 is 2.44 bits per heavy atom. The average molecular weight is 458 g/mol. The van der Waals surface area contributed by atoms with E-state index >= 15 is 0 Å². The molecule has 0 aliphatic carbocycles. The number of benzene rings is 1. The van der Waals surface area contributed by atoms with Crippen molar-refractivity contribution in [2.24, 2.45) is 0 Å². The minimum absolute atomic E-state index is 0.0582. The summed E-state index contributed by atoms with van der Waals surface area (Å²) in [7, 11) is -3.90. The van der Waals surface area contributed by atoms with Crippen LogP contribution >= 0.6 is 0 Å². The van der Waals surface area contributed by atoms with Crippen LogP contribution in [0, 0.1) is 18.8 Å². The molecular weight excluding hydrogens is 434 g/mol. The SMILES string of the molecule is Cc1ccc(C#Cc2ccc(N3CC(CC(C)(C(=O)NO)S(C)(=O)=O)OC3=O)cc2)cn1. The number of aryl methyl sites for hydroxylation is 1. The van der Waals surface area contributed by atoms with Crippen LogP contribution in [0.1, 0.15) is 30.2 Å². The standard InChI is InChI=1S/C22H23N3O6S/c1-15-4-5-17(13-23-15)7-6-16-8-10-18(11-9-16)25-14-19(31-21(25)27)12-22(2,20(26)24-28)32(3,29)30/h4-5,8-11,13,19,28H,12,14H2,1-3H3,(H,24,26). The van der Waals surface area contributed by atoms with Crippen LogP contribution in [0.15, 0.2) is 42.6 Å². The summed E-state index contributed by atoms with van der Waals surface area (Å²) in [5.41, 5.74) is 4.36. The molecule has 168 valence electrons. The second-order valence-corrected chi connectivity index (χ2v) is 10.2. The Bertz CT molecular complexity index is 1180. The highest BCUT2D eigenvalue weighted by Gasteiger charge is 2.48. The van der Waals surface area contributed by atoms with Gasteiger partial charge >= 0.3 is 6.09 Å². The number of ether oxygens (including phenoxy) is 1. The van der Waals surface area contributed by atoms with Crippen LogP contribution in [0.25, 0.3) is 0 Å². The zero-order chi connectivity index (χ0) is 23.5. The maximum atomic E-state index is 12.4. The van der Waals surface area contributed by atoms with Gasteiger partial charge < -0.3 is 4.74 Å². The number of pyridine rings is 1. The summed E-state index contributed by atoms with van der Waals surface area (Å²) in [6.07, 6.45) is 0.781. The number of hydroxylamine groups is 1. The third kappa shape index (κ3) is 4.90. The van der Waals surface area contributed by atoms with Crippen LogP contribution < -0.4 is 10.4 Å². The molecule has 2 aromatic rings. The first-order valence-electron chi connectivity index (χ1n) is 9.70. The molecule has 1 saturated heterocycles. The van der Waals surface area contributed by atoms with Gasteiger partial charge in [0.2, 0.25) is 0 Å². The Kier molecular flexibility index (Phi) is 6.52. The van der Waals surface area contributed by atoms with Gasteiger partial charge in [0.05, 0.1) is 6.54 Å². The fraction of sp³-hybridized carbons (Fsp3) is 0.318. The number of cyclic esters (lactones) is 1. The molecule has 1 aliphatic heterocycles. The van der Waals surface area contributed by atoms with Crippen LogP contribution in [0.4, 0.5) is 10.5 Å². The average Bonchev–Trinajstić information content (AvgIpc) is 3.12. The van der Waals surface area contributed by atoms with Gasteiger partial charge in [-0.2, -0.15) is 0 Å². The van der Waals surface area contributed by atoms with E-state index in [1.165, 1.54) is 17.3 Å². The van der Waals surface area contributed by atoms with E-state index in [0.29, 0.717) is 5.69 Å². The number of rotatable bonds is 5. The molecule has 9 nitrogen and oxygen atoms in total. The van der Waals surface area contributed by atoms with E-state index in [4.69, 9.17) is 9.94 Å². The maximum Gasteiger partial charge on any atom is 0.414 e. The normalized spacial score (nSPS) is 17.7. The van der Waals surface area contributed by atoms with E-state index in [2.05, 4.69) is 16.8 Å². The highest BCUT2D eigenvalue weighted by molar-refractivity contribution is 7.92. The van der Waals surface area contributed by atoms with Crippen LogP contribution in [-0.4, -0.2) is 54.3 Å². The predicted molar refractivity (Wildman–Crippen MR) is 117 cm³/mol. The van der Waals surface area contributed by atoms with Crippen molar-refractivity contribution < 1.29 is 28.0 Å². The van der Waals surface area contributed by atoms with Crippen molar-refractivity contribution in [2.45, 2.75) is 31.1 Å². The van der Waals surface area contributed by atoms with Crippen molar-refractivity contribution in [3.8, 4) is 11.8 Å². The second kappa shape index (κ2) is 8.98. The first-order valence-corrected chi connectivity index (χ1v) is 11.6. The zero-order valence-electron chi connectivity index (χ0n) is 17.8. The molecule has 3 rings (SSSR count). The summed E-state index contributed by atoms with van der Waals surface area (Å²) in [5, 5.41) is 8.95. The Morgan fingerprint density at radius 2 is 1.88 bits per heavy atom. The molecule has 0 spiro atoms. The molecule has 1 aromatic carbocycles. The van der Waals surface area contributed by atoms with Crippen molar-refractivity contribution in [1.82, 2.24) is 10.5 Å². The molecule has 1 aliphatic rings. The van der Waals surface area contributed by atoms with Crippen LogP contribution in [0.3, 0.4) is 0 Å². The number of hydrogen-bond acceptors (Lipinski definition) is 7. The van der Waals surface area contributed by atoms with E-state index in [1.807, 2.05) is 19.1 Å². The lowest BCUT2D eigenvalue weighted by Crippen LogP contribution is -2.51. The highest BCUT2D eigenvalue weighted by atomic mass is 32.2. The summed E-state index contributed by atoms with van der Waals surface area (Å²) in [4.78, 5) is 29.9. The first kappa shape index (κ1) is 23.2. The Balaban J connectivity index is 1.72. The Labute approximate surface area is 186 Å². The van der Waals surface area contributed by atoms with Gasteiger partial charge in [0.25, 0.3) is 5.91 Å². The zero-order valence-corrected chi connectivity index (χ0v) is 18.6. The quantitative estimate of drug-likeness (QED) is 0.398. The van der Waals surface area contributed by atoms with Gasteiger partial charge in [-0.25, -0.2) is 18.7 Å². The minimum Gasteiger partial charge on any atom is -0.444 e. The van der Waals surface area contributed by atoms with E-state index in [-0.39, 0.29) is 13.0 Å². The monoisotopic (exact) mass is 457 g/mol. The number of carbonyl (C=O) groups excluding carboxylic acids is 2. The maximum absolute atomic E-state index is 12.4. The van der Waals surface area contributed by atoms with Gasteiger partial charge in [0, 0.05) is 41.4 Å². The van der Waals surface area contributed by atoms with Gasteiger partial charge in [-0.15, -0.1) is 0 Å². The number of anilines is 1. The number of nitrogens with zero attached hydrogens (tertiary/aromatic N) is 2. The van der Waals surface area contributed by atoms with Crippen molar-refractivity contribution >= 4 is 27.5 Å². The molecule has 32 heavy (non-hydrogen) atoms. The minimum atomic E-state index is -3.90. The van der Waals surface area contributed by atoms with Gasteiger partial charge in [0.15, 0.2) is 14.6 Å². The van der Waals surface area contributed by atoms with E-state index < -0.39 is 32.7 Å². The predicted octanol–water partition coefficient (Wildman–Crippen LogP) is 1.81. The molecule has 0 saturated carbocycles. The molecule has 2 heterocycles. The van der Waals surface area contributed by atoms with E-state index in [0.717, 1.165) is 23.1 Å². The fourth-order valence-electron chi connectivity index (χ4n) is 3.21. The third-order valence-electron chi connectivity index (χ3n) is 5.33. The van der Waals surface area contributed by atoms with Gasteiger partial charge in [-0.1, -0.05) is 11.8 Å². The number of amides is 2. The topological polar surface area (TPSA) is 126 Å². The molecular formula is C22H23N3O6S. The number of nitrogens with one attached hydrogen (secondary N) is 1. The van der Waals surface area contributed by atoms with Gasteiger partial charge in [-0.05, 0) is 50.2 Å².